The van der Waals surface area contributed by atoms with Gasteiger partial charge >= 0.3 is 6.09 Å². The van der Waals surface area contributed by atoms with E-state index in [9.17, 15) is 4.79 Å². The zero-order chi connectivity index (χ0) is 33.6. The molecule has 0 radical (unpaired) electrons. The molecule has 2 bridgehead atoms. The Labute approximate surface area is 277 Å². The van der Waals surface area contributed by atoms with Crippen molar-refractivity contribution in [1.29, 1.82) is 0 Å². The van der Waals surface area contributed by atoms with Crippen LogP contribution >= 0.6 is 0 Å². The van der Waals surface area contributed by atoms with Crippen LogP contribution in [0.4, 0.5) is 20.7 Å². The molecule has 1 amide bonds. The van der Waals surface area contributed by atoms with E-state index in [1.54, 1.807) is 41.9 Å². The maximum atomic E-state index is 15.8. The molecule has 0 spiro atoms. The van der Waals surface area contributed by atoms with Gasteiger partial charge in [-0.2, -0.15) is 5.10 Å². The van der Waals surface area contributed by atoms with Gasteiger partial charge in [-0.05, 0) is 71.7 Å². The summed E-state index contributed by atoms with van der Waals surface area (Å²) in [6.07, 6.45) is 7.40. The van der Waals surface area contributed by atoms with Crippen LogP contribution < -0.4 is 19.5 Å². The normalized spacial score (nSPS) is 19.0. The van der Waals surface area contributed by atoms with Crippen molar-refractivity contribution in [2.45, 2.75) is 84.1 Å². The van der Waals surface area contributed by atoms with E-state index in [1.165, 1.54) is 12.7 Å². The van der Waals surface area contributed by atoms with E-state index in [0.717, 1.165) is 12.8 Å². The molecular formula is C35H38FN7O5. The Morgan fingerprint density at radius 3 is 2.54 bits per heavy atom. The number of pyridine rings is 1. The summed E-state index contributed by atoms with van der Waals surface area (Å²) < 4.78 is 41.7. The number of ether oxygens (including phenoxy) is 4. The SMILES string of the molecule is CCOc1cc2ncnc(Nc3ccc(Oc4ccn5ncnc5c4)c(C)c3F)c2cc1OC1CC2CCC(C1)N2C(=O)OC(C)(C)C. The molecule has 2 atom stereocenters. The molecule has 2 unspecified atom stereocenters. The number of hydrogen-bond acceptors (Lipinski definition) is 10. The minimum Gasteiger partial charge on any atom is -0.490 e. The quantitative estimate of drug-likeness (QED) is 0.181. The van der Waals surface area contributed by atoms with E-state index < -0.39 is 11.4 Å². The highest BCUT2D eigenvalue weighted by Crippen LogP contribution is 2.42. The van der Waals surface area contributed by atoms with Crippen LogP contribution in [0.25, 0.3) is 16.6 Å². The molecule has 7 rings (SSSR count). The largest absolute Gasteiger partial charge is 0.490 e. The highest BCUT2D eigenvalue weighted by molar-refractivity contribution is 5.93. The molecule has 2 aliphatic heterocycles. The molecule has 250 valence electrons. The van der Waals surface area contributed by atoms with Crippen LogP contribution in [0.15, 0.2) is 55.2 Å². The summed E-state index contributed by atoms with van der Waals surface area (Å²) in [5.74, 6) is 1.93. The van der Waals surface area contributed by atoms with E-state index in [0.29, 0.717) is 70.4 Å². The van der Waals surface area contributed by atoms with Gasteiger partial charge in [-0.15, -0.1) is 0 Å². The van der Waals surface area contributed by atoms with Crippen molar-refractivity contribution in [3.05, 3.63) is 66.6 Å². The summed E-state index contributed by atoms with van der Waals surface area (Å²) in [6, 6.07) is 10.5. The van der Waals surface area contributed by atoms with Crippen LogP contribution in [0.3, 0.4) is 0 Å². The molecule has 3 aromatic heterocycles. The Morgan fingerprint density at radius 1 is 1.00 bits per heavy atom. The number of halogens is 1. The number of benzene rings is 2. The lowest BCUT2D eigenvalue weighted by molar-refractivity contribution is -0.00741. The summed E-state index contributed by atoms with van der Waals surface area (Å²) in [7, 11) is 0. The lowest BCUT2D eigenvalue weighted by atomic mass is 10.00. The third-order valence-corrected chi connectivity index (χ3v) is 8.66. The van der Waals surface area contributed by atoms with Crippen molar-refractivity contribution in [2.75, 3.05) is 11.9 Å². The molecule has 5 heterocycles. The lowest BCUT2D eigenvalue weighted by Gasteiger charge is -2.39. The lowest BCUT2D eigenvalue weighted by Crippen LogP contribution is -2.50. The molecule has 2 aliphatic rings. The van der Waals surface area contributed by atoms with Crippen molar-refractivity contribution in [3.63, 3.8) is 0 Å². The first-order chi connectivity index (χ1) is 23.1. The second-order valence-corrected chi connectivity index (χ2v) is 13.2. The smallest absolute Gasteiger partial charge is 0.410 e. The van der Waals surface area contributed by atoms with Gasteiger partial charge in [-0.1, -0.05) is 0 Å². The van der Waals surface area contributed by atoms with Crippen LogP contribution in [0.2, 0.25) is 0 Å². The van der Waals surface area contributed by atoms with Crippen LogP contribution in [0.1, 0.15) is 58.9 Å². The van der Waals surface area contributed by atoms with Crippen molar-refractivity contribution in [1.82, 2.24) is 29.5 Å². The van der Waals surface area contributed by atoms with E-state index in [-0.39, 0.29) is 30.0 Å². The van der Waals surface area contributed by atoms with Gasteiger partial charge in [0.15, 0.2) is 23.0 Å². The zero-order valence-electron chi connectivity index (χ0n) is 27.6. The monoisotopic (exact) mass is 655 g/mol. The van der Waals surface area contributed by atoms with Gasteiger partial charge in [0.1, 0.15) is 41.7 Å². The van der Waals surface area contributed by atoms with E-state index in [2.05, 4.69) is 25.4 Å². The van der Waals surface area contributed by atoms with Crippen LogP contribution in [-0.4, -0.2) is 66.0 Å². The Kier molecular flexibility index (Phi) is 8.14. The van der Waals surface area contributed by atoms with Gasteiger partial charge in [-0.25, -0.2) is 28.7 Å². The first kappa shape index (κ1) is 31.4. The van der Waals surface area contributed by atoms with Gasteiger partial charge < -0.3 is 29.2 Å². The summed E-state index contributed by atoms with van der Waals surface area (Å²) in [5, 5.41) is 7.88. The number of hydrogen-bond donors (Lipinski definition) is 1. The molecule has 1 N–H and O–H groups in total. The van der Waals surface area contributed by atoms with Gasteiger partial charge in [-0.3, -0.25) is 0 Å². The van der Waals surface area contributed by atoms with Crippen LogP contribution in [-0.2, 0) is 4.74 Å². The van der Waals surface area contributed by atoms with Crippen molar-refractivity contribution < 1.29 is 28.1 Å². The van der Waals surface area contributed by atoms with Gasteiger partial charge in [0.05, 0.1) is 17.8 Å². The zero-order valence-corrected chi connectivity index (χ0v) is 27.6. The van der Waals surface area contributed by atoms with Crippen LogP contribution in [0.5, 0.6) is 23.0 Å². The molecule has 2 aromatic carbocycles. The number of amides is 1. The van der Waals surface area contributed by atoms with Crippen LogP contribution in [0, 0.1) is 12.7 Å². The second-order valence-electron chi connectivity index (χ2n) is 13.2. The fourth-order valence-electron chi connectivity index (χ4n) is 6.53. The fraction of sp³-hybridized carbons (Fsp3) is 0.400. The highest BCUT2D eigenvalue weighted by Gasteiger charge is 2.45. The number of carbonyl (C=O) groups is 1. The number of carbonyl (C=O) groups excluding carboxylic acids is 1. The molecule has 12 nitrogen and oxygen atoms in total. The summed E-state index contributed by atoms with van der Waals surface area (Å²) in [5.41, 5.74) is 1.24. The van der Waals surface area contributed by atoms with Gasteiger partial charge in [0.2, 0.25) is 0 Å². The Morgan fingerprint density at radius 2 is 1.79 bits per heavy atom. The minimum absolute atomic E-state index is 0.0453. The minimum atomic E-state index is -0.554. The first-order valence-electron chi connectivity index (χ1n) is 16.2. The molecule has 0 aliphatic carbocycles. The molecule has 0 saturated carbocycles. The van der Waals surface area contributed by atoms with Crippen molar-refractivity contribution >= 4 is 34.1 Å². The number of nitrogens with zero attached hydrogens (tertiary/aromatic N) is 6. The van der Waals surface area contributed by atoms with Gasteiger partial charge in [0, 0.05) is 54.2 Å². The standard InChI is InChI=1S/C35H38FN7O5/c1-6-45-29-17-27-25(16-30(29)47-24-13-21-7-8-22(14-24)43(21)34(44)48-35(3,4)5)33(39-18-37-27)41-26-9-10-28(20(2)32(26)36)46-23-11-12-42-31(15-23)38-19-40-42/h9-12,15-19,21-22,24H,6-8,13-14H2,1-5H3,(H,37,39,41). The predicted molar refractivity (Wildman–Crippen MR) is 177 cm³/mol. The average Bonchev–Trinajstić information content (AvgIpc) is 3.62. The summed E-state index contributed by atoms with van der Waals surface area (Å²) >= 11 is 0. The Hall–Kier alpha value is -5.20. The van der Waals surface area contributed by atoms with Gasteiger partial charge in [0.25, 0.3) is 0 Å². The Bertz CT molecular complexity index is 1980. The van der Waals surface area contributed by atoms with E-state index in [1.807, 2.05) is 44.7 Å². The third kappa shape index (κ3) is 6.24. The van der Waals surface area contributed by atoms with E-state index >= 15 is 4.39 Å². The number of nitrogens with one attached hydrogen (secondary N) is 1. The third-order valence-electron chi connectivity index (χ3n) is 8.66. The molecule has 5 aromatic rings. The maximum Gasteiger partial charge on any atom is 0.410 e. The number of piperidine rings is 1. The molecule has 2 saturated heterocycles. The van der Waals surface area contributed by atoms with Crippen molar-refractivity contribution in [3.8, 4) is 23.0 Å². The Balaban J connectivity index is 1.12. The number of rotatable bonds is 8. The molecule has 2 fully saturated rings. The van der Waals surface area contributed by atoms with Crippen molar-refractivity contribution in [2.24, 2.45) is 0 Å². The predicted octanol–water partition coefficient (Wildman–Crippen LogP) is 7.36. The molecular weight excluding hydrogens is 617 g/mol. The van der Waals surface area contributed by atoms with E-state index in [4.69, 9.17) is 18.9 Å². The maximum absolute atomic E-state index is 15.8. The number of fused-ring (bicyclic) bond motifs is 4. The summed E-state index contributed by atoms with van der Waals surface area (Å²) in [6.45, 7) is 9.65. The fourth-order valence-corrected chi connectivity index (χ4v) is 6.53. The topological polar surface area (TPSA) is 125 Å². The number of anilines is 2. The second kappa shape index (κ2) is 12.4. The molecule has 13 heteroatoms. The summed E-state index contributed by atoms with van der Waals surface area (Å²) in [4.78, 5) is 28.0. The first-order valence-corrected chi connectivity index (χ1v) is 16.2. The average molecular weight is 656 g/mol. The molecule has 48 heavy (non-hydrogen) atoms. The number of aromatic nitrogens is 5. The highest BCUT2D eigenvalue weighted by atomic mass is 19.1.